The summed E-state index contributed by atoms with van der Waals surface area (Å²) in [6.45, 7) is 6.29. The van der Waals surface area contributed by atoms with Crippen LogP contribution in [0.1, 0.15) is 23.9 Å². The largest absolute Gasteiger partial charge is 0.211 e. The van der Waals surface area contributed by atoms with E-state index in [2.05, 4.69) is 39.9 Å². The molecule has 0 radical (unpaired) electrons. The standard InChI is InChI=1S/C10H12BrN3S/c1-4-8-6(2)13-14(7(8)3)10-12-9(11)5-15-10/h5H,4H2,1-3H3. The number of hydrogen-bond acceptors (Lipinski definition) is 3. The summed E-state index contributed by atoms with van der Waals surface area (Å²) in [5, 5.41) is 7.40. The molecule has 0 N–H and O–H groups in total. The van der Waals surface area contributed by atoms with Crippen LogP contribution in [-0.2, 0) is 6.42 Å². The first-order valence-corrected chi connectivity index (χ1v) is 6.47. The van der Waals surface area contributed by atoms with Crippen LogP contribution in [0.3, 0.4) is 0 Å². The Morgan fingerprint density at radius 3 is 2.67 bits per heavy atom. The molecule has 0 amide bonds. The van der Waals surface area contributed by atoms with E-state index in [9.17, 15) is 0 Å². The lowest BCUT2D eigenvalue weighted by molar-refractivity contribution is 0.822. The Hall–Kier alpha value is -0.680. The molecule has 2 heterocycles. The summed E-state index contributed by atoms with van der Waals surface area (Å²) in [7, 11) is 0. The molecule has 0 spiro atoms. The molecule has 2 rings (SSSR count). The first-order valence-electron chi connectivity index (χ1n) is 4.80. The van der Waals surface area contributed by atoms with Crippen LogP contribution in [0.2, 0.25) is 0 Å². The molecule has 0 atom stereocenters. The Morgan fingerprint density at radius 2 is 2.20 bits per heavy atom. The average Bonchev–Trinajstić information content (AvgIpc) is 2.71. The van der Waals surface area contributed by atoms with Crippen LogP contribution in [0, 0.1) is 13.8 Å². The maximum Gasteiger partial charge on any atom is 0.211 e. The highest BCUT2D eigenvalue weighted by Crippen LogP contribution is 2.22. The molecule has 0 saturated heterocycles. The van der Waals surface area contributed by atoms with Crippen LogP contribution < -0.4 is 0 Å². The van der Waals surface area contributed by atoms with E-state index in [0.717, 1.165) is 21.8 Å². The van der Waals surface area contributed by atoms with Crippen molar-refractivity contribution in [2.75, 3.05) is 0 Å². The Balaban J connectivity index is 2.54. The number of hydrogen-bond donors (Lipinski definition) is 0. The molecule has 0 unspecified atom stereocenters. The number of aromatic nitrogens is 3. The molecule has 2 aromatic heterocycles. The second kappa shape index (κ2) is 4.06. The van der Waals surface area contributed by atoms with Crippen molar-refractivity contribution < 1.29 is 0 Å². The van der Waals surface area contributed by atoms with Crippen molar-refractivity contribution in [1.82, 2.24) is 14.8 Å². The fourth-order valence-electron chi connectivity index (χ4n) is 1.72. The number of halogens is 1. The fraction of sp³-hybridized carbons (Fsp3) is 0.400. The highest BCUT2D eigenvalue weighted by Gasteiger charge is 2.12. The predicted octanol–water partition coefficient (Wildman–Crippen LogP) is 3.27. The summed E-state index contributed by atoms with van der Waals surface area (Å²) < 4.78 is 2.79. The number of thiazole rings is 1. The third-order valence-corrected chi connectivity index (χ3v) is 3.97. The van der Waals surface area contributed by atoms with Gasteiger partial charge < -0.3 is 0 Å². The molecule has 2 aromatic rings. The Morgan fingerprint density at radius 1 is 1.47 bits per heavy atom. The van der Waals surface area contributed by atoms with Crippen LogP contribution in [-0.4, -0.2) is 14.8 Å². The lowest BCUT2D eigenvalue weighted by Gasteiger charge is -1.99. The molecule has 0 aliphatic carbocycles. The Kier molecular flexibility index (Phi) is 2.93. The summed E-state index contributed by atoms with van der Waals surface area (Å²) in [4.78, 5) is 4.37. The van der Waals surface area contributed by atoms with E-state index in [0.29, 0.717) is 0 Å². The third-order valence-electron chi connectivity index (χ3n) is 2.44. The average molecular weight is 286 g/mol. The van der Waals surface area contributed by atoms with E-state index >= 15 is 0 Å². The van der Waals surface area contributed by atoms with E-state index < -0.39 is 0 Å². The third kappa shape index (κ3) is 1.86. The number of aryl methyl sites for hydroxylation is 1. The molecule has 0 fully saturated rings. The summed E-state index contributed by atoms with van der Waals surface area (Å²) in [5.74, 6) is 0. The molecular formula is C10H12BrN3S. The summed E-state index contributed by atoms with van der Waals surface area (Å²) >= 11 is 4.95. The zero-order valence-electron chi connectivity index (χ0n) is 8.91. The van der Waals surface area contributed by atoms with Crippen molar-refractivity contribution in [3.63, 3.8) is 0 Å². The van der Waals surface area contributed by atoms with Gasteiger partial charge >= 0.3 is 0 Å². The van der Waals surface area contributed by atoms with Gasteiger partial charge in [-0.25, -0.2) is 9.67 Å². The van der Waals surface area contributed by atoms with Gasteiger partial charge in [-0.15, -0.1) is 11.3 Å². The van der Waals surface area contributed by atoms with Gasteiger partial charge in [0.2, 0.25) is 5.13 Å². The normalized spacial score (nSPS) is 10.9. The number of nitrogens with zero attached hydrogens (tertiary/aromatic N) is 3. The zero-order valence-corrected chi connectivity index (χ0v) is 11.3. The quantitative estimate of drug-likeness (QED) is 0.848. The Labute approximate surface area is 101 Å². The van der Waals surface area contributed by atoms with E-state index in [1.54, 1.807) is 11.3 Å². The van der Waals surface area contributed by atoms with E-state index in [-0.39, 0.29) is 0 Å². The van der Waals surface area contributed by atoms with Gasteiger partial charge in [-0.1, -0.05) is 6.92 Å². The van der Waals surface area contributed by atoms with Crippen LogP contribution in [0.25, 0.3) is 5.13 Å². The monoisotopic (exact) mass is 285 g/mol. The molecule has 0 aliphatic heterocycles. The van der Waals surface area contributed by atoms with E-state index in [1.165, 1.54) is 11.3 Å². The summed E-state index contributed by atoms with van der Waals surface area (Å²) in [6, 6.07) is 0. The Bertz CT molecular complexity index is 487. The molecule has 3 nitrogen and oxygen atoms in total. The van der Waals surface area contributed by atoms with Crippen molar-refractivity contribution in [3.8, 4) is 5.13 Å². The highest BCUT2D eigenvalue weighted by molar-refractivity contribution is 9.10. The molecule has 0 bridgehead atoms. The predicted molar refractivity (Wildman–Crippen MR) is 65.8 cm³/mol. The van der Waals surface area contributed by atoms with Gasteiger partial charge in [0, 0.05) is 11.1 Å². The molecule has 0 saturated carbocycles. The van der Waals surface area contributed by atoms with Gasteiger partial charge in [0.25, 0.3) is 0 Å². The van der Waals surface area contributed by atoms with E-state index in [4.69, 9.17) is 0 Å². The van der Waals surface area contributed by atoms with Gasteiger partial charge in [-0.05, 0) is 41.8 Å². The lowest BCUT2D eigenvalue weighted by atomic mass is 10.1. The number of rotatable bonds is 2. The SMILES string of the molecule is CCc1c(C)nn(-c2nc(Br)cs2)c1C. The fourth-order valence-corrected chi connectivity index (χ4v) is 2.97. The second-order valence-corrected chi connectivity index (χ2v) is 5.02. The first kappa shape index (κ1) is 10.8. The first-order chi connectivity index (χ1) is 7.13. The zero-order chi connectivity index (χ0) is 11.0. The van der Waals surface area contributed by atoms with Crippen LogP contribution in [0.15, 0.2) is 9.98 Å². The second-order valence-electron chi connectivity index (χ2n) is 3.37. The minimum absolute atomic E-state index is 0.869. The van der Waals surface area contributed by atoms with Crippen molar-refractivity contribution in [2.45, 2.75) is 27.2 Å². The maximum absolute atomic E-state index is 4.51. The van der Waals surface area contributed by atoms with Gasteiger partial charge in [0.1, 0.15) is 4.60 Å². The highest BCUT2D eigenvalue weighted by atomic mass is 79.9. The topological polar surface area (TPSA) is 30.7 Å². The summed E-state index contributed by atoms with van der Waals surface area (Å²) in [5.41, 5.74) is 3.61. The molecule has 80 valence electrons. The molecule has 15 heavy (non-hydrogen) atoms. The van der Waals surface area contributed by atoms with Crippen LogP contribution >= 0.6 is 27.3 Å². The van der Waals surface area contributed by atoms with Gasteiger partial charge in [-0.2, -0.15) is 5.10 Å². The van der Waals surface area contributed by atoms with Crippen molar-refractivity contribution in [3.05, 3.63) is 26.9 Å². The molecular weight excluding hydrogens is 274 g/mol. The lowest BCUT2D eigenvalue weighted by Crippen LogP contribution is -1.98. The van der Waals surface area contributed by atoms with Gasteiger partial charge in [-0.3, -0.25) is 0 Å². The molecule has 5 heteroatoms. The molecule has 0 aliphatic rings. The van der Waals surface area contributed by atoms with Crippen molar-refractivity contribution in [1.29, 1.82) is 0 Å². The van der Waals surface area contributed by atoms with E-state index in [1.807, 2.05) is 17.0 Å². The summed E-state index contributed by atoms with van der Waals surface area (Å²) in [6.07, 6.45) is 1.02. The molecule has 0 aromatic carbocycles. The van der Waals surface area contributed by atoms with Gasteiger partial charge in [0.05, 0.1) is 5.69 Å². The van der Waals surface area contributed by atoms with Crippen molar-refractivity contribution >= 4 is 27.3 Å². The minimum Gasteiger partial charge on any atom is -0.211 e. The van der Waals surface area contributed by atoms with Gasteiger partial charge in [0.15, 0.2) is 0 Å². The van der Waals surface area contributed by atoms with Crippen LogP contribution in [0.4, 0.5) is 0 Å². The smallest absolute Gasteiger partial charge is 0.211 e. The minimum atomic E-state index is 0.869. The van der Waals surface area contributed by atoms with Crippen molar-refractivity contribution in [2.24, 2.45) is 0 Å². The maximum atomic E-state index is 4.51. The van der Waals surface area contributed by atoms with Crippen LogP contribution in [0.5, 0.6) is 0 Å².